The Labute approximate surface area is 158 Å². The van der Waals surface area contributed by atoms with Crippen LogP contribution in [0.5, 0.6) is 5.75 Å². The molecule has 2 aromatic rings. The number of nitrogens with zero attached hydrogens (tertiary/aromatic N) is 2. The summed E-state index contributed by atoms with van der Waals surface area (Å²) < 4.78 is 10.3. The molecule has 0 fully saturated rings. The number of benzene rings is 2. The Morgan fingerprint density at radius 1 is 1.07 bits per heavy atom. The predicted octanol–water partition coefficient (Wildman–Crippen LogP) is 3.80. The number of hydrogen-bond donors (Lipinski definition) is 0. The number of nitro benzene ring substituents is 1. The number of carbonyl (C=O) groups excluding carboxylic acids is 1. The summed E-state index contributed by atoms with van der Waals surface area (Å²) >= 11 is 0. The van der Waals surface area contributed by atoms with Crippen LogP contribution in [0.15, 0.2) is 42.5 Å². The minimum absolute atomic E-state index is 0.0233. The van der Waals surface area contributed by atoms with Crippen LogP contribution >= 0.6 is 0 Å². The third-order valence-electron chi connectivity index (χ3n) is 4.31. The Kier molecular flexibility index (Phi) is 7.31. The zero-order chi connectivity index (χ0) is 19.8. The van der Waals surface area contributed by atoms with E-state index in [1.165, 1.54) is 30.9 Å². The first kappa shape index (κ1) is 20.4. The number of rotatable bonds is 9. The van der Waals surface area contributed by atoms with Gasteiger partial charge in [0.2, 0.25) is 0 Å². The molecule has 0 bridgehead atoms. The molecule has 2 rings (SSSR count). The van der Waals surface area contributed by atoms with Gasteiger partial charge in [0.25, 0.3) is 0 Å². The third-order valence-corrected chi connectivity index (χ3v) is 4.31. The quantitative estimate of drug-likeness (QED) is 0.378. The lowest BCUT2D eigenvalue weighted by Gasteiger charge is -2.18. The second-order valence-corrected chi connectivity index (χ2v) is 6.00. The van der Waals surface area contributed by atoms with Crippen molar-refractivity contribution >= 4 is 11.7 Å². The van der Waals surface area contributed by atoms with Crippen LogP contribution in [0, 0.1) is 10.1 Å². The summed E-state index contributed by atoms with van der Waals surface area (Å²) in [6.45, 7) is 7.26. The molecular weight excluding hydrogens is 348 g/mol. The average Bonchev–Trinajstić information content (AvgIpc) is 2.70. The lowest BCUT2D eigenvalue weighted by molar-refractivity contribution is -0.385. The first-order chi connectivity index (χ1) is 13.0. The zero-order valence-electron chi connectivity index (χ0n) is 15.8. The number of ether oxygens (including phenoxy) is 2. The molecule has 0 unspecified atom stereocenters. The Balaban J connectivity index is 1.98. The van der Waals surface area contributed by atoms with Gasteiger partial charge in [0.15, 0.2) is 5.75 Å². The van der Waals surface area contributed by atoms with Crippen LogP contribution < -0.4 is 4.74 Å². The Hall–Kier alpha value is -2.93. The molecule has 27 heavy (non-hydrogen) atoms. The predicted molar refractivity (Wildman–Crippen MR) is 102 cm³/mol. The highest BCUT2D eigenvalue weighted by molar-refractivity contribution is 5.90. The first-order valence-electron chi connectivity index (χ1n) is 8.78. The zero-order valence-corrected chi connectivity index (χ0v) is 15.8. The molecule has 0 radical (unpaired) electrons. The first-order valence-corrected chi connectivity index (χ1v) is 8.78. The highest BCUT2D eigenvalue weighted by Crippen LogP contribution is 2.27. The van der Waals surface area contributed by atoms with Crippen molar-refractivity contribution in [2.45, 2.75) is 27.0 Å². The molecule has 144 valence electrons. The van der Waals surface area contributed by atoms with E-state index in [1.807, 2.05) is 24.3 Å². The van der Waals surface area contributed by atoms with Gasteiger partial charge in [-0.25, -0.2) is 4.79 Å². The van der Waals surface area contributed by atoms with Crippen LogP contribution in [-0.2, 0) is 17.9 Å². The molecule has 0 aliphatic carbocycles. The number of methoxy groups -OCH3 is 1. The van der Waals surface area contributed by atoms with E-state index >= 15 is 0 Å². The lowest BCUT2D eigenvalue weighted by atomic mass is 10.1. The van der Waals surface area contributed by atoms with Gasteiger partial charge < -0.3 is 9.47 Å². The van der Waals surface area contributed by atoms with E-state index in [9.17, 15) is 14.9 Å². The molecule has 0 N–H and O–H groups in total. The highest BCUT2D eigenvalue weighted by atomic mass is 16.6. The maximum Gasteiger partial charge on any atom is 0.338 e. The standard InChI is InChI=1S/C20H24N2O5/c1-4-21(5-2)13-15-6-8-16(9-7-15)14-27-20(23)17-10-11-18(22(24)25)19(12-17)26-3/h6-12H,4-5,13-14H2,1-3H3. The van der Waals surface area contributed by atoms with Gasteiger partial charge in [-0.05, 0) is 30.3 Å². The Morgan fingerprint density at radius 3 is 2.26 bits per heavy atom. The molecule has 0 aliphatic rings. The van der Waals surface area contributed by atoms with E-state index in [0.717, 1.165) is 25.2 Å². The molecular formula is C20H24N2O5. The molecule has 0 heterocycles. The van der Waals surface area contributed by atoms with Gasteiger partial charge >= 0.3 is 11.7 Å². The summed E-state index contributed by atoms with van der Waals surface area (Å²) in [6.07, 6.45) is 0. The van der Waals surface area contributed by atoms with Gasteiger partial charge in [-0.15, -0.1) is 0 Å². The minimum atomic E-state index is -0.562. The fraction of sp³-hybridized carbons (Fsp3) is 0.350. The van der Waals surface area contributed by atoms with Gasteiger partial charge in [0.1, 0.15) is 6.61 Å². The van der Waals surface area contributed by atoms with E-state index in [1.54, 1.807) is 0 Å². The molecule has 0 aromatic heterocycles. The fourth-order valence-electron chi connectivity index (χ4n) is 2.63. The second-order valence-electron chi connectivity index (χ2n) is 6.00. The SMILES string of the molecule is CCN(CC)Cc1ccc(COC(=O)c2ccc([N+](=O)[O-])c(OC)c2)cc1. The largest absolute Gasteiger partial charge is 0.490 e. The summed E-state index contributed by atoms with van der Waals surface area (Å²) in [4.78, 5) is 24.9. The minimum Gasteiger partial charge on any atom is -0.490 e. The smallest absolute Gasteiger partial charge is 0.338 e. The molecule has 7 heteroatoms. The number of nitro groups is 1. The summed E-state index contributed by atoms with van der Waals surface area (Å²) in [7, 11) is 1.32. The number of hydrogen-bond acceptors (Lipinski definition) is 6. The van der Waals surface area contributed by atoms with Crippen LogP contribution in [0.2, 0.25) is 0 Å². The lowest BCUT2D eigenvalue weighted by Crippen LogP contribution is -2.22. The highest BCUT2D eigenvalue weighted by Gasteiger charge is 2.18. The Morgan fingerprint density at radius 2 is 1.70 bits per heavy atom. The number of esters is 1. The molecule has 0 saturated carbocycles. The van der Waals surface area contributed by atoms with E-state index in [2.05, 4.69) is 18.7 Å². The Bertz CT molecular complexity index is 785. The molecule has 0 saturated heterocycles. The third kappa shape index (κ3) is 5.52. The molecule has 0 aliphatic heterocycles. The normalized spacial score (nSPS) is 10.7. The average molecular weight is 372 g/mol. The molecule has 2 aromatic carbocycles. The fourth-order valence-corrected chi connectivity index (χ4v) is 2.63. The van der Waals surface area contributed by atoms with Crippen molar-refractivity contribution in [2.75, 3.05) is 20.2 Å². The van der Waals surface area contributed by atoms with Crippen LogP contribution in [0.4, 0.5) is 5.69 Å². The van der Waals surface area contributed by atoms with Gasteiger partial charge in [-0.3, -0.25) is 15.0 Å². The van der Waals surface area contributed by atoms with Crippen molar-refractivity contribution in [1.29, 1.82) is 0 Å². The van der Waals surface area contributed by atoms with Gasteiger partial charge in [0.05, 0.1) is 17.6 Å². The maximum absolute atomic E-state index is 12.2. The summed E-state index contributed by atoms with van der Waals surface area (Å²) in [5.41, 5.74) is 2.09. The van der Waals surface area contributed by atoms with Crippen LogP contribution in [0.25, 0.3) is 0 Å². The maximum atomic E-state index is 12.2. The molecule has 7 nitrogen and oxygen atoms in total. The van der Waals surface area contributed by atoms with Crippen LogP contribution in [0.3, 0.4) is 0 Å². The molecule has 0 spiro atoms. The van der Waals surface area contributed by atoms with Crippen molar-refractivity contribution < 1.29 is 19.2 Å². The summed E-state index contributed by atoms with van der Waals surface area (Å²) in [5, 5.41) is 10.9. The molecule has 0 amide bonds. The monoisotopic (exact) mass is 372 g/mol. The van der Waals surface area contributed by atoms with E-state index in [-0.39, 0.29) is 23.6 Å². The van der Waals surface area contributed by atoms with Crippen molar-refractivity contribution in [3.05, 3.63) is 69.3 Å². The number of carbonyl (C=O) groups is 1. The van der Waals surface area contributed by atoms with E-state index in [0.29, 0.717) is 0 Å². The van der Waals surface area contributed by atoms with Crippen molar-refractivity contribution in [2.24, 2.45) is 0 Å². The second kappa shape index (κ2) is 9.68. The summed E-state index contributed by atoms with van der Waals surface area (Å²) in [5.74, 6) is -0.536. The van der Waals surface area contributed by atoms with Gasteiger partial charge in [-0.2, -0.15) is 0 Å². The molecule has 0 atom stereocenters. The van der Waals surface area contributed by atoms with Crippen LogP contribution in [0.1, 0.15) is 35.3 Å². The van der Waals surface area contributed by atoms with Crippen molar-refractivity contribution in [3.63, 3.8) is 0 Å². The van der Waals surface area contributed by atoms with Gasteiger partial charge in [-0.1, -0.05) is 38.1 Å². The van der Waals surface area contributed by atoms with E-state index < -0.39 is 10.9 Å². The summed E-state index contributed by atoms with van der Waals surface area (Å²) in [6, 6.07) is 11.8. The van der Waals surface area contributed by atoms with Crippen LogP contribution in [-0.4, -0.2) is 36.0 Å². The van der Waals surface area contributed by atoms with Gasteiger partial charge in [0, 0.05) is 18.7 Å². The van der Waals surface area contributed by atoms with E-state index in [4.69, 9.17) is 9.47 Å². The topological polar surface area (TPSA) is 81.9 Å². The van der Waals surface area contributed by atoms with Crippen molar-refractivity contribution in [1.82, 2.24) is 4.90 Å². The van der Waals surface area contributed by atoms with Crippen molar-refractivity contribution in [3.8, 4) is 5.75 Å².